The highest BCUT2D eigenvalue weighted by Crippen LogP contribution is 2.18. The van der Waals surface area contributed by atoms with E-state index >= 15 is 0 Å². The Labute approximate surface area is 73.7 Å². The minimum atomic E-state index is 0.891. The zero-order chi connectivity index (χ0) is 8.97. The molecule has 1 aromatic carbocycles. The van der Waals surface area contributed by atoms with Crippen molar-refractivity contribution >= 4 is 5.57 Å². The van der Waals surface area contributed by atoms with Gasteiger partial charge in [0.1, 0.15) is 5.75 Å². The average molecular weight is 162 g/mol. The van der Waals surface area contributed by atoms with E-state index in [9.17, 15) is 0 Å². The molecule has 12 heavy (non-hydrogen) atoms. The zero-order valence-corrected chi connectivity index (χ0v) is 7.63. The van der Waals surface area contributed by atoms with Crippen LogP contribution in [-0.2, 0) is 0 Å². The normalized spacial score (nSPS) is 9.50. The Morgan fingerprint density at radius 2 is 1.92 bits per heavy atom. The van der Waals surface area contributed by atoms with Gasteiger partial charge in [-0.15, -0.1) is 0 Å². The van der Waals surface area contributed by atoms with Crippen LogP contribution in [0.1, 0.15) is 18.9 Å². The Morgan fingerprint density at radius 3 is 2.33 bits per heavy atom. The number of methoxy groups -OCH3 is 1. The highest BCUT2D eigenvalue weighted by molar-refractivity contribution is 5.63. The molecule has 1 aromatic rings. The van der Waals surface area contributed by atoms with Crippen LogP contribution in [0.15, 0.2) is 30.8 Å². The fourth-order valence-electron chi connectivity index (χ4n) is 1.03. The van der Waals surface area contributed by atoms with Gasteiger partial charge in [-0.3, -0.25) is 0 Å². The monoisotopic (exact) mass is 162 g/mol. The molecule has 0 aliphatic carbocycles. The predicted octanol–water partition coefficient (Wildman–Crippen LogP) is 3.12. The molecule has 0 heterocycles. The van der Waals surface area contributed by atoms with Crippen LogP contribution < -0.4 is 4.74 Å². The summed E-state index contributed by atoms with van der Waals surface area (Å²) in [7, 11) is 1.67. The molecule has 1 heteroatoms. The lowest BCUT2D eigenvalue weighted by atomic mass is 10.1. The van der Waals surface area contributed by atoms with Crippen molar-refractivity contribution in [2.45, 2.75) is 13.3 Å². The van der Waals surface area contributed by atoms with Crippen molar-refractivity contribution in [2.75, 3.05) is 7.11 Å². The summed E-state index contributed by atoms with van der Waals surface area (Å²) in [4.78, 5) is 0. The summed E-state index contributed by atoms with van der Waals surface area (Å²) in [5.74, 6) is 0.891. The molecule has 0 aromatic heterocycles. The number of ether oxygens (including phenoxy) is 1. The van der Waals surface area contributed by atoms with Crippen LogP contribution in [0, 0.1) is 0 Å². The lowest BCUT2D eigenvalue weighted by Crippen LogP contribution is -1.84. The predicted molar refractivity (Wildman–Crippen MR) is 52.3 cm³/mol. The first-order chi connectivity index (χ1) is 5.77. The van der Waals surface area contributed by atoms with E-state index in [0.29, 0.717) is 0 Å². The van der Waals surface area contributed by atoms with E-state index in [1.165, 1.54) is 5.56 Å². The maximum atomic E-state index is 5.05. The second-order valence-electron chi connectivity index (χ2n) is 2.69. The number of benzene rings is 1. The van der Waals surface area contributed by atoms with E-state index in [2.05, 4.69) is 13.5 Å². The van der Waals surface area contributed by atoms with Crippen molar-refractivity contribution in [1.29, 1.82) is 0 Å². The van der Waals surface area contributed by atoms with Gasteiger partial charge in [0.05, 0.1) is 7.11 Å². The van der Waals surface area contributed by atoms with Gasteiger partial charge in [-0.25, -0.2) is 0 Å². The van der Waals surface area contributed by atoms with Gasteiger partial charge in [-0.2, -0.15) is 0 Å². The molecule has 0 aliphatic rings. The minimum Gasteiger partial charge on any atom is -0.497 e. The Bertz CT molecular complexity index is 259. The quantitative estimate of drug-likeness (QED) is 0.663. The molecule has 0 radical (unpaired) electrons. The summed E-state index contributed by atoms with van der Waals surface area (Å²) in [5.41, 5.74) is 2.36. The highest BCUT2D eigenvalue weighted by atomic mass is 16.5. The van der Waals surface area contributed by atoms with Crippen molar-refractivity contribution in [3.05, 3.63) is 36.4 Å². The number of rotatable bonds is 3. The van der Waals surface area contributed by atoms with Crippen LogP contribution in [0.25, 0.3) is 5.57 Å². The van der Waals surface area contributed by atoms with E-state index in [0.717, 1.165) is 17.7 Å². The van der Waals surface area contributed by atoms with Crippen molar-refractivity contribution in [3.8, 4) is 5.75 Å². The van der Waals surface area contributed by atoms with Crippen LogP contribution in [0.3, 0.4) is 0 Å². The van der Waals surface area contributed by atoms with E-state index in [1.54, 1.807) is 7.11 Å². The Balaban J connectivity index is 2.84. The van der Waals surface area contributed by atoms with Gasteiger partial charge in [-0.05, 0) is 29.7 Å². The summed E-state index contributed by atoms with van der Waals surface area (Å²) in [6.45, 7) is 6.06. The zero-order valence-electron chi connectivity index (χ0n) is 7.63. The van der Waals surface area contributed by atoms with Gasteiger partial charge in [0.15, 0.2) is 0 Å². The van der Waals surface area contributed by atoms with E-state index < -0.39 is 0 Å². The molecule has 0 saturated carbocycles. The summed E-state index contributed by atoms with van der Waals surface area (Å²) < 4.78 is 5.05. The molecule has 0 N–H and O–H groups in total. The van der Waals surface area contributed by atoms with Crippen molar-refractivity contribution in [2.24, 2.45) is 0 Å². The third kappa shape index (κ3) is 1.88. The molecule has 0 unspecified atom stereocenters. The molecule has 0 saturated heterocycles. The highest BCUT2D eigenvalue weighted by Gasteiger charge is 1.95. The maximum Gasteiger partial charge on any atom is 0.118 e. The van der Waals surface area contributed by atoms with Crippen LogP contribution in [-0.4, -0.2) is 7.11 Å². The lowest BCUT2D eigenvalue weighted by molar-refractivity contribution is 0.415. The van der Waals surface area contributed by atoms with Gasteiger partial charge >= 0.3 is 0 Å². The molecule has 0 fully saturated rings. The Hall–Kier alpha value is -1.24. The topological polar surface area (TPSA) is 9.23 Å². The number of hydrogen-bond donors (Lipinski definition) is 0. The standard InChI is InChI=1S/C11H14O/c1-4-9(2)10-5-7-11(12-3)8-6-10/h5-8H,2,4H2,1,3H3. The third-order valence-corrected chi connectivity index (χ3v) is 1.93. The summed E-state index contributed by atoms with van der Waals surface area (Å²) in [5, 5.41) is 0. The second kappa shape index (κ2) is 3.96. The van der Waals surface area contributed by atoms with Crippen LogP contribution in [0.2, 0.25) is 0 Å². The van der Waals surface area contributed by atoms with Gasteiger partial charge in [-0.1, -0.05) is 25.6 Å². The van der Waals surface area contributed by atoms with E-state index in [-0.39, 0.29) is 0 Å². The SMILES string of the molecule is C=C(CC)c1ccc(OC)cc1. The first-order valence-electron chi connectivity index (χ1n) is 4.10. The summed E-state index contributed by atoms with van der Waals surface area (Å²) >= 11 is 0. The molecule has 0 amide bonds. The van der Waals surface area contributed by atoms with Crippen molar-refractivity contribution in [3.63, 3.8) is 0 Å². The number of allylic oxidation sites excluding steroid dienone is 1. The molecular weight excluding hydrogens is 148 g/mol. The van der Waals surface area contributed by atoms with Crippen molar-refractivity contribution < 1.29 is 4.74 Å². The second-order valence-corrected chi connectivity index (χ2v) is 2.69. The maximum absolute atomic E-state index is 5.05. The Kier molecular flexibility index (Phi) is 2.92. The molecule has 64 valence electrons. The molecule has 1 nitrogen and oxygen atoms in total. The average Bonchev–Trinajstić information content (AvgIpc) is 2.17. The first-order valence-corrected chi connectivity index (χ1v) is 4.10. The largest absolute Gasteiger partial charge is 0.497 e. The van der Waals surface area contributed by atoms with Gasteiger partial charge in [0.2, 0.25) is 0 Å². The van der Waals surface area contributed by atoms with E-state index in [1.807, 2.05) is 24.3 Å². The van der Waals surface area contributed by atoms with Gasteiger partial charge in [0.25, 0.3) is 0 Å². The molecular formula is C11H14O. The van der Waals surface area contributed by atoms with Crippen molar-refractivity contribution in [1.82, 2.24) is 0 Å². The van der Waals surface area contributed by atoms with Crippen LogP contribution >= 0.6 is 0 Å². The molecule has 0 bridgehead atoms. The molecule has 0 spiro atoms. The fourth-order valence-corrected chi connectivity index (χ4v) is 1.03. The summed E-state index contributed by atoms with van der Waals surface area (Å²) in [6, 6.07) is 7.97. The smallest absolute Gasteiger partial charge is 0.118 e. The third-order valence-electron chi connectivity index (χ3n) is 1.93. The van der Waals surface area contributed by atoms with Crippen LogP contribution in [0.4, 0.5) is 0 Å². The van der Waals surface area contributed by atoms with Gasteiger partial charge < -0.3 is 4.74 Å². The van der Waals surface area contributed by atoms with E-state index in [4.69, 9.17) is 4.74 Å². The minimum absolute atomic E-state index is 0.891. The molecule has 1 rings (SSSR count). The summed E-state index contributed by atoms with van der Waals surface area (Å²) in [6.07, 6.45) is 0.992. The fraction of sp³-hybridized carbons (Fsp3) is 0.273. The number of hydrogen-bond acceptors (Lipinski definition) is 1. The first kappa shape index (κ1) is 8.85. The van der Waals surface area contributed by atoms with Crippen LogP contribution in [0.5, 0.6) is 5.75 Å². The molecule has 0 atom stereocenters. The molecule has 0 aliphatic heterocycles. The van der Waals surface area contributed by atoms with Gasteiger partial charge in [0, 0.05) is 0 Å². The lowest BCUT2D eigenvalue weighted by Gasteiger charge is -2.03. The Morgan fingerprint density at radius 1 is 1.33 bits per heavy atom.